The zero-order chi connectivity index (χ0) is 19.7. The number of carbonyl (C=O) groups is 4. The van der Waals surface area contributed by atoms with Crippen LogP contribution in [0.25, 0.3) is 0 Å². The van der Waals surface area contributed by atoms with E-state index in [2.05, 4.69) is 10.4 Å². The van der Waals surface area contributed by atoms with E-state index in [1.807, 2.05) is 0 Å². The quantitative estimate of drug-likeness (QED) is 0.731. The van der Waals surface area contributed by atoms with E-state index < -0.39 is 29.1 Å². The Kier molecular flexibility index (Phi) is 5.24. The topological polar surface area (TPSA) is 129 Å². The van der Waals surface area contributed by atoms with Crippen LogP contribution >= 0.6 is 0 Å². The number of aliphatic carboxylic acids is 1. The van der Waals surface area contributed by atoms with Crippen molar-refractivity contribution in [3.8, 4) is 0 Å². The molecule has 10 heteroatoms. The highest BCUT2D eigenvalue weighted by molar-refractivity contribution is 6.39. The minimum Gasteiger partial charge on any atom is -0.479 e. The molecule has 0 spiro atoms. The standard InChI is InChI=1S/C16H24N4O6/c1-15(2,3)26-14(25)17-16(13(23)24)7-8-20(9-16)12(22)10-5-6-11(21)19(4)18-10/h5-9H2,1-4H3,(H,17,25)(H,23,24). The number of ether oxygens (including phenoxy) is 1. The van der Waals surface area contributed by atoms with Crippen molar-refractivity contribution in [2.45, 2.75) is 51.2 Å². The highest BCUT2D eigenvalue weighted by atomic mass is 16.6. The third-order valence-corrected chi connectivity index (χ3v) is 4.16. The van der Waals surface area contributed by atoms with Gasteiger partial charge in [-0.3, -0.25) is 9.59 Å². The fraction of sp³-hybridized carbons (Fsp3) is 0.688. The fourth-order valence-electron chi connectivity index (χ4n) is 2.82. The lowest BCUT2D eigenvalue weighted by atomic mass is 9.99. The van der Waals surface area contributed by atoms with Crippen molar-refractivity contribution in [2.24, 2.45) is 5.10 Å². The normalized spacial score (nSPS) is 23.5. The Morgan fingerprint density at radius 2 is 1.92 bits per heavy atom. The molecule has 1 unspecified atom stereocenters. The molecule has 2 aliphatic heterocycles. The average molecular weight is 368 g/mol. The molecule has 1 saturated heterocycles. The monoisotopic (exact) mass is 368 g/mol. The van der Waals surface area contributed by atoms with Crippen molar-refractivity contribution in [3.63, 3.8) is 0 Å². The zero-order valence-electron chi connectivity index (χ0n) is 15.4. The Balaban J connectivity index is 2.10. The number of carboxylic acids is 1. The molecule has 2 rings (SSSR count). The summed E-state index contributed by atoms with van der Waals surface area (Å²) >= 11 is 0. The van der Waals surface area contributed by atoms with E-state index in [4.69, 9.17) is 4.74 Å². The van der Waals surface area contributed by atoms with Crippen molar-refractivity contribution in [3.05, 3.63) is 0 Å². The number of hydrogen-bond donors (Lipinski definition) is 2. The van der Waals surface area contributed by atoms with Gasteiger partial charge < -0.3 is 20.1 Å². The summed E-state index contributed by atoms with van der Waals surface area (Å²) in [7, 11) is 1.46. The summed E-state index contributed by atoms with van der Waals surface area (Å²) in [5.41, 5.74) is -2.19. The molecular formula is C16H24N4O6. The summed E-state index contributed by atoms with van der Waals surface area (Å²) in [6.07, 6.45) is -0.419. The molecule has 0 aromatic rings. The lowest BCUT2D eigenvalue weighted by Crippen LogP contribution is -2.57. The lowest BCUT2D eigenvalue weighted by molar-refractivity contribution is -0.144. The van der Waals surface area contributed by atoms with Crippen LogP contribution in [0.2, 0.25) is 0 Å². The van der Waals surface area contributed by atoms with Crippen LogP contribution < -0.4 is 5.32 Å². The van der Waals surface area contributed by atoms with Crippen molar-refractivity contribution in [1.82, 2.24) is 15.2 Å². The van der Waals surface area contributed by atoms with Gasteiger partial charge in [0.05, 0.1) is 6.54 Å². The van der Waals surface area contributed by atoms with Gasteiger partial charge in [-0.2, -0.15) is 5.10 Å². The molecular weight excluding hydrogens is 344 g/mol. The van der Waals surface area contributed by atoms with Gasteiger partial charge in [-0.15, -0.1) is 0 Å². The Morgan fingerprint density at radius 3 is 2.46 bits per heavy atom. The molecule has 1 fully saturated rings. The first-order valence-corrected chi connectivity index (χ1v) is 8.31. The van der Waals surface area contributed by atoms with E-state index in [1.165, 1.54) is 11.9 Å². The molecule has 0 bridgehead atoms. The predicted octanol–water partition coefficient (Wildman–Crippen LogP) is 0.175. The number of nitrogens with zero attached hydrogens (tertiary/aromatic N) is 3. The molecule has 26 heavy (non-hydrogen) atoms. The third kappa shape index (κ3) is 4.30. The van der Waals surface area contributed by atoms with Gasteiger partial charge >= 0.3 is 12.1 Å². The van der Waals surface area contributed by atoms with E-state index in [-0.39, 0.29) is 44.0 Å². The molecule has 2 heterocycles. The first-order chi connectivity index (χ1) is 11.9. The lowest BCUT2D eigenvalue weighted by Gasteiger charge is -2.28. The number of amides is 3. The Bertz CT molecular complexity index is 668. The molecule has 0 saturated carbocycles. The number of carboxylic acid groups (broad SMARTS) is 1. The first kappa shape index (κ1) is 19.7. The van der Waals surface area contributed by atoms with Crippen molar-refractivity contribution in [2.75, 3.05) is 20.1 Å². The summed E-state index contributed by atoms with van der Waals surface area (Å²) in [5.74, 6) is -1.86. The van der Waals surface area contributed by atoms with E-state index in [0.29, 0.717) is 0 Å². The molecule has 3 amide bonds. The predicted molar refractivity (Wildman–Crippen MR) is 90.4 cm³/mol. The second-order valence-electron chi connectivity index (χ2n) is 7.45. The third-order valence-electron chi connectivity index (χ3n) is 4.16. The summed E-state index contributed by atoms with van der Waals surface area (Å²) in [6, 6.07) is 0. The summed E-state index contributed by atoms with van der Waals surface area (Å²) < 4.78 is 5.13. The number of hydrogen-bond acceptors (Lipinski definition) is 6. The number of rotatable bonds is 3. The maximum Gasteiger partial charge on any atom is 0.408 e. The van der Waals surface area contributed by atoms with Crippen LogP contribution in [0.4, 0.5) is 4.79 Å². The number of hydrazone groups is 1. The van der Waals surface area contributed by atoms with Gasteiger partial charge in [0.2, 0.25) is 5.91 Å². The number of alkyl carbamates (subject to hydrolysis) is 1. The van der Waals surface area contributed by atoms with Crippen LogP contribution in [0.1, 0.15) is 40.0 Å². The summed E-state index contributed by atoms with van der Waals surface area (Å²) in [4.78, 5) is 49.2. The van der Waals surface area contributed by atoms with Gasteiger partial charge in [0.1, 0.15) is 11.3 Å². The van der Waals surface area contributed by atoms with E-state index in [9.17, 15) is 24.3 Å². The van der Waals surface area contributed by atoms with Crippen LogP contribution in [0, 0.1) is 0 Å². The van der Waals surface area contributed by atoms with E-state index in [1.54, 1.807) is 20.8 Å². The molecule has 144 valence electrons. The van der Waals surface area contributed by atoms with Gasteiger partial charge in [0.15, 0.2) is 5.54 Å². The van der Waals surface area contributed by atoms with Crippen LogP contribution in [0.15, 0.2) is 5.10 Å². The van der Waals surface area contributed by atoms with Crippen molar-refractivity contribution in [1.29, 1.82) is 0 Å². The van der Waals surface area contributed by atoms with Crippen LogP contribution in [0.3, 0.4) is 0 Å². The Morgan fingerprint density at radius 1 is 1.27 bits per heavy atom. The van der Waals surface area contributed by atoms with E-state index >= 15 is 0 Å². The van der Waals surface area contributed by atoms with E-state index in [0.717, 1.165) is 5.01 Å². The van der Waals surface area contributed by atoms with Gasteiger partial charge in [0, 0.05) is 32.9 Å². The maximum absolute atomic E-state index is 12.6. The summed E-state index contributed by atoms with van der Waals surface area (Å²) in [6.45, 7) is 4.96. The zero-order valence-corrected chi connectivity index (χ0v) is 15.4. The number of nitrogens with one attached hydrogen (secondary N) is 1. The second-order valence-corrected chi connectivity index (χ2v) is 7.45. The molecule has 2 N–H and O–H groups in total. The smallest absolute Gasteiger partial charge is 0.408 e. The molecule has 0 aromatic heterocycles. The molecule has 0 aromatic carbocycles. The largest absolute Gasteiger partial charge is 0.479 e. The highest BCUT2D eigenvalue weighted by Crippen LogP contribution is 2.24. The van der Waals surface area contributed by atoms with Gasteiger partial charge in [-0.05, 0) is 20.8 Å². The Hall–Kier alpha value is -2.65. The van der Waals surface area contributed by atoms with Gasteiger partial charge in [-0.25, -0.2) is 14.6 Å². The maximum atomic E-state index is 12.6. The minimum atomic E-state index is -1.62. The molecule has 1 atom stereocenters. The first-order valence-electron chi connectivity index (χ1n) is 8.31. The Labute approximate surface area is 151 Å². The van der Waals surface area contributed by atoms with Gasteiger partial charge in [-0.1, -0.05) is 0 Å². The summed E-state index contributed by atoms with van der Waals surface area (Å²) in [5, 5.41) is 17.1. The molecule has 0 radical (unpaired) electrons. The van der Waals surface area contributed by atoms with Crippen molar-refractivity contribution < 1.29 is 29.0 Å². The molecule has 2 aliphatic rings. The number of carbonyl (C=O) groups excluding carboxylic acids is 3. The van der Waals surface area contributed by atoms with Crippen LogP contribution in [-0.2, 0) is 19.1 Å². The average Bonchev–Trinajstić information content (AvgIpc) is 2.92. The van der Waals surface area contributed by atoms with Crippen molar-refractivity contribution >= 4 is 29.6 Å². The highest BCUT2D eigenvalue weighted by Gasteiger charge is 2.49. The number of likely N-dealkylation sites (tertiary alicyclic amines) is 1. The van der Waals surface area contributed by atoms with Crippen LogP contribution in [-0.4, -0.2) is 75.9 Å². The minimum absolute atomic E-state index is 0.0510. The molecule has 0 aliphatic carbocycles. The fourth-order valence-corrected chi connectivity index (χ4v) is 2.82. The van der Waals surface area contributed by atoms with Crippen LogP contribution in [0.5, 0.6) is 0 Å². The van der Waals surface area contributed by atoms with Gasteiger partial charge in [0.25, 0.3) is 5.91 Å². The second kappa shape index (κ2) is 6.93. The molecule has 10 nitrogen and oxygen atoms in total. The SMILES string of the molecule is CN1N=C(C(=O)N2CCC(NC(=O)OC(C)(C)C)(C(=O)O)C2)CCC1=O.